The SMILES string of the molecule is ClC1=C(c2cc(Cl)cc(Cl)c2)C=CC(Cl)(Cl)C1Cl. The fourth-order valence-corrected chi connectivity index (χ4v) is 3.12. The lowest BCUT2D eigenvalue weighted by molar-refractivity contribution is 0.958. The molecule has 18 heavy (non-hydrogen) atoms. The van der Waals surface area contributed by atoms with Crippen molar-refractivity contribution in [2.24, 2.45) is 0 Å². The first kappa shape index (κ1) is 14.8. The van der Waals surface area contributed by atoms with E-state index < -0.39 is 9.71 Å². The van der Waals surface area contributed by atoms with Crippen LogP contribution >= 0.6 is 69.6 Å². The first-order valence-corrected chi connectivity index (χ1v) is 7.21. The van der Waals surface area contributed by atoms with Crippen LogP contribution in [0.25, 0.3) is 5.57 Å². The molecular weight excluding hydrogens is 357 g/mol. The Bertz CT molecular complexity index is 523. The summed E-state index contributed by atoms with van der Waals surface area (Å²) in [5.41, 5.74) is 1.47. The summed E-state index contributed by atoms with van der Waals surface area (Å²) in [6.45, 7) is 0. The quantitative estimate of drug-likeness (QED) is 0.514. The summed E-state index contributed by atoms with van der Waals surface area (Å²) in [5, 5.41) is 0.674. The third-order valence-corrected chi connectivity index (χ3v) is 4.91. The minimum Gasteiger partial charge on any atom is -0.113 e. The fraction of sp³-hybridized carbons (Fsp3) is 0.167. The fourth-order valence-electron chi connectivity index (χ4n) is 1.61. The van der Waals surface area contributed by atoms with Gasteiger partial charge in [-0.15, -0.1) is 11.6 Å². The molecule has 0 N–H and O–H groups in total. The van der Waals surface area contributed by atoms with Crippen LogP contribution in [0.1, 0.15) is 5.56 Å². The normalized spacial score (nSPS) is 22.4. The molecule has 0 aliphatic heterocycles. The van der Waals surface area contributed by atoms with Gasteiger partial charge in [0.1, 0.15) is 5.38 Å². The van der Waals surface area contributed by atoms with Crippen molar-refractivity contribution < 1.29 is 0 Å². The van der Waals surface area contributed by atoms with Crippen LogP contribution in [0, 0.1) is 0 Å². The van der Waals surface area contributed by atoms with Gasteiger partial charge in [-0.2, -0.15) is 0 Å². The van der Waals surface area contributed by atoms with Gasteiger partial charge in [-0.1, -0.05) is 64.1 Å². The smallest absolute Gasteiger partial charge is 0.113 e. The standard InChI is InChI=1S/C12H6Cl6/c13-7-3-6(4-8(14)5-7)9-1-2-12(17,18)11(16)10(9)15/h1-5,11H. The zero-order valence-corrected chi connectivity index (χ0v) is 13.3. The second kappa shape index (κ2) is 5.44. The number of hydrogen-bond acceptors (Lipinski definition) is 0. The molecule has 0 amide bonds. The van der Waals surface area contributed by atoms with Crippen molar-refractivity contribution in [2.75, 3.05) is 0 Å². The Morgan fingerprint density at radius 3 is 2.06 bits per heavy atom. The highest BCUT2D eigenvalue weighted by atomic mass is 35.5. The Kier molecular flexibility index (Phi) is 4.48. The van der Waals surface area contributed by atoms with Crippen LogP contribution in [0.3, 0.4) is 0 Å². The van der Waals surface area contributed by atoms with Crippen LogP contribution in [0.2, 0.25) is 10.0 Å². The Morgan fingerprint density at radius 2 is 1.50 bits per heavy atom. The third kappa shape index (κ3) is 2.95. The molecule has 0 saturated carbocycles. The molecule has 1 aromatic carbocycles. The predicted octanol–water partition coefficient (Wildman–Crippen LogP) is 6.29. The summed E-state index contributed by atoms with van der Waals surface area (Å²) in [4.78, 5) is 0. The van der Waals surface area contributed by atoms with Gasteiger partial charge in [0, 0.05) is 15.1 Å². The van der Waals surface area contributed by atoms with Crippen molar-refractivity contribution in [3.8, 4) is 0 Å². The lowest BCUT2D eigenvalue weighted by Crippen LogP contribution is -2.27. The van der Waals surface area contributed by atoms with Crippen LogP contribution in [-0.4, -0.2) is 9.71 Å². The van der Waals surface area contributed by atoms with Crippen LogP contribution < -0.4 is 0 Å². The molecule has 0 saturated heterocycles. The number of halogens is 6. The molecule has 1 aliphatic rings. The average molecular weight is 363 g/mol. The predicted molar refractivity (Wildman–Crippen MR) is 82.5 cm³/mol. The highest BCUT2D eigenvalue weighted by molar-refractivity contribution is 6.57. The summed E-state index contributed by atoms with van der Waals surface area (Å²) >= 11 is 36.2. The number of benzene rings is 1. The molecule has 0 spiro atoms. The van der Waals surface area contributed by atoms with E-state index in [0.717, 1.165) is 5.56 Å². The maximum Gasteiger partial charge on any atom is 0.157 e. The number of allylic oxidation sites excluding steroid dienone is 4. The van der Waals surface area contributed by atoms with E-state index in [1.54, 1.807) is 30.4 Å². The van der Waals surface area contributed by atoms with Crippen molar-refractivity contribution in [3.05, 3.63) is 51.0 Å². The molecule has 0 aromatic heterocycles. The molecule has 1 atom stereocenters. The van der Waals surface area contributed by atoms with Crippen molar-refractivity contribution in [2.45, 2.75) is 9.71 Å². The molecule has 1 unspecified atom stereocenters. The molecule has 2 rings (SSSR count). The molecule has 1 aromatic rings. The van der Waals surface area contributed by atoms with E-state index in [1.807, 2.05) is 0 Å². The summed E-state index contributed by atoms with van der Waals surface area (Å²) in [6.07, 6.45) is 3.30. The summed E-state index contributed by atoms with van der Waals surface area (Å²) in [5.74, 6) is 0. The van der Waals surface area contributed by atoms with Gasteiger partial charge in [0.2, 0.25) is 0 Å². The topological polar surface area (TPSA) is 0 Å². The van der Waals surface area contributed by atoms with E-state index in [4.69, 9.17) is 69.6 Å². The van der Waals surface area contributed by atoms with E-state index in [-0.39, 0.29) is 0 Å². The summed E-state index contributed by atoms with van der Waals surface area (Å²) in [6, 6.07) is 5.13. The second-order valence-electron chi connectivity index (χ2n) is 3.79. The summed E-state index contributed by atoms with van der Waals surface area (Å²) in [7, 11) is 0. The van der Waals surface area contributed by atoms with Crippen molar-refractivity contribution in [1.82, 2.24) is 0 Å². The highest BCUT2D eigenvalue weighted by Crippen LogP contribution is 2.44. The van der Waals surface area contributed by atoms with Crippen molar-refractivity contribution in [3.63, 3.8) is 0 Å². The van der Waals surface area contributed by atoms with Crippen LogP contribution in [0.15, 0.2) is 35.4 Å². The van der Waals surface area contributed by atoms with Gasteiger partial charge in [0.25, 0.3) is 0 Å². The van der Waals surface area contributed by atoms with Crippen LogP contribution in [0.4, 0.5) is 0 Å². The average Bonchev–Trinajstić information content (AvgIpc) is 2.25. The largest absolute Gasteiger partial charge is 0.157 e. The molecule has 1 aliphatic carbocycles. The lowest BCUT2D eigenvalue weighted by Gasteiger charge is -2.27. The zero-order valence-electron chi connectivity index (χ0n) is 8.73. The molecule has 6 heteroatoms. The maximum absolute atomic E-state index is 6.20. The van der Waals surface area contributed by atoms with E-state index in [0.29, 0.717) is 20.7 Å². The molecule has 96 valence electrons. The number of rotatable bonds is 1. The van der Waals surface area contributed by atoms with Gasteiger partial charge in [0.15, 0.2) is 4.33 Å². The van der Waals surface area contributed by atoms with Gasteiger partial charge in [-0.3, -0.25) is 0 Å². The number of hydrogen-bond donors (Lipinski definition) is 0. The Hall–Kier alpha value is 0.440. The van der Waals surface area contributed by atoms with Gasteiger partial charge >= 0.3 is 0 Å². The van der Waals surface area contributed by atoms with Gasteiger partial charge < -0.3 is 0 Å². The summed E-state index contributed by atoms with van der Waals surface area (Å²) < 4.78 is -1.22. The maximum atomic E-state index is 6.20. The van der Waals surface area contributed by atoms with Crippen LogP contribution in [-0.2, 0) is 0 Å². The minimum atomic E-state index is -1.22. The van der Waals surface area contributed by atoms with Gasteiger partial charge in [-0.05, 0) is 35.4 Å². The molecule has 0 radical (unpaired) electrons. The first-order valence-electron chi connectivity index (χ1n) is 4.88. The lowest BCUT2D eigenvalue weighted by atomic mass is 9.98. The Morgan fingerprint density at radius 1 is 0.944 bits per heavy atom. The van der Waals surface area contributed by atoms with Crippen molar-refractivity contribution >= 4 is 75.2 Å². The number of alkyl halides is 3. The Balaban J connectivity index is 2.52. The molecule has 0 bridgehead atoms. The Labute approximate surface area is 135 Å². The molecular formula is C12H6Cl6. The zero-order chi connectivity index (χ0) is 13.5. The highest BCUT2D eigenvalue weighted by Gasteiger charge is 2.37. The van der Waals surface area contributed by atoms with Crippen molar-refractivity contribution in [1.29, 1.82) is 0 Å². The van der Waals surface area contributed by atoms with Gasteiger partial charge in [0.05, 0.1) is 0 Å². The van der Waals surface area contributed by atoms with E-state index in [2.05, 4.69) is 0 Å². The monoisotopic (exact) mass is 360 g/mol. The van der Waals surface area contributed by atoms with Gasteiger partial charge in [-0.25, -0.2) is 0 Å². The molecule has 0 heterocycles. The molecule has 0 nitrogen and oxygen atoms in total. The first-order chi connectivity index (χ1) is 8.31. The second-order valence-corrected chi connectivity index (χ2v) is 6.95. The minimum absolute atomic E-state index is 0.363. The third-order valence-electron chi connectivity index (χ3n) is 2.46. The van der Waals surface area contributed by atoms with Crippen LogP contribution in [0.5, 0.6) is 0 Å². The molecule has 0 fully saturated rings. The van der Waals surface area contributed by atoms with E-state index in [9.17, 15) is 0 Å². The van der Waals surface area contributed by atoms with E-state index in [1.165, 1.54) is 0 Å². The van der Waals surface area contributed by atoms with E-state index >= 15 is 0 Å².